The van der Waals surface area contributed by atoms with E-state index < -0.39 is 0 Å². The quantitative estimate of drug-likeness (QED) is 0.620. The molecule has 2 rings (SSSR count). The van der Waals surface area contributed by atoms with Gasteiger partial charge in [0, 0.05) is 11.1 Å². The molecule has 136 valence electrons. The summed E-state index contributed by atoms with van der Waals surface area (Å²) in [6.45, 7) is 9.36. The topological polar surface area (TPSA) is 52.6 Å². The van der Waals surface area contributed by atoms with Crippen LogP contribution in [0.3, 0.4) is 0 Å². The highest BCUT2D eigenvalue weighted by Crippen LogP contribution is 2.32. The van der Waals surface area contributed by atoms with Crippen molar-refractivity contribution in [3.05, 3.63) is 11.1 Å². The molecule has 4 heteroatoms. The fourth-order valence-electron chi connectivity index (χ4n) is 3.48. The normalized spacial score (nSPS) is 34.0. The van der Waals surface area contributed by atoms with Crippen LogP contribution in [0.4, 0.5) is 0 Å². The van der Waals surface area contributed by atoms with Crippen LogP contribution in [0.2, 0.25) is 0 Å². The maximum Gasteiger partial charge on any atom is 0.334 e. The van der Waals surface area contributed by atoms with Gasteiger partial charge in [-0.05, 0) is 49.4 Å². The average molecular weight is 336 g/mol. The highest BCUT2D eigenvalue weighted by Gasteiger charge is 2.29. The molecule has 1 heterocycles. The van der Waals surface area contributed by atoms with Crippen molar-refractivity contribution in [1.29, 1.82) is 0 Å². The summed E-state index contributed by atoms with van der Waals surface area (Å²) in [6, 6.07) is 0. The summed E-state index contributed by atoms with van der Waals surface area (Å²) in [6.07, 6.45) is 5.33. The second-order valence-electron chi connectivity index (χ2n) is 8.14. The van der Waals surface area contributed by atoms with Gasteiger partial charge in [-0.25, -0.2) is 9.59 Å². The zero-order valence-electron chi connectivity index (χ0n) is 15.6. The SMILES string of the molecule is CC1CCC(C)COC(=O)C2=C(CC(C)CCC(C)C2)C(=O)OC1. The monoisotopic (exact) mass is 336 g/mol. The van der Waals surface area contributed by atoms with Gasteiger partial charge in [0.1, 0.15) is 0 Å². The van der Waals surface area contributed by atoms with Gasteiger partial charge in [0.25, 0.3) is 0 Å². The van der Waals surface area contributed by atoms with Gasteiger partial charge in [0.15, 0.2) is 0 Å². The van der Waals surface area contributed by atoms with Crippen molar-refractivity contribution in [3.63, 3.8) is 0 Å². The molecular weight excluding hydrogens is 304 g/mol. The smallest absolute Gasteiger partial charge is 0.334 e. The van der Waals surface area contributed by atoms with Gasteiger partial charge in [-0.2, -0.15) is 0 Å². The Balaban J connectivity index is 2.33. The summed E-state index contributed by atoms with van der Waals surface area (Å²) in [5.74, 6) is 0.789. The van der Waals surface area contributed by atoms with E-state index in [1.54, 1.807) is 0 Å². The van der Waals surface area contributed by atoms with Gasteiger partial charge >= 0.3 is 11.9 Å². The second-order valence-corrected chi connectivity index (χ2v) is 8.14. The predicted molar refractivity (Wildman–Crippen MR) is 93.3 cm³/mol. The third-order valence-electron chi connectivity index (χ3n) is 5.26. The van der Waals surface area contributed by atoms with Crippen LogP contribution in [0.15, 0.2) is 11.1 Å². The van der Waals surface area contributed by atoms with Crippen molar-refractivity contribution < 1.29 is 19.1 Å². The average Bonchev–Trinajstić information content (AvgIpc) is 2.54. The third kappa shape index (κ3) is 5.35. The van der Waals surface area contributed by atoms with E-state index in [4.69, 9.17) is 9.47 Å². The number of cyclic esters (lactones) is 2. The van der Waals surface area contributed by atoms with E-state index in [-0.39, 0.29) is 11.9 Å². The molecule has 4 unspecified atom stereocenters. The Bertz CT molecular complexity index is 450. The molecule has 24 heavy (non-hydrogen) atoms. The van der Waals surface area contributed by atoms with Crippen LogP contribution in [0.25, 0.3) is 0 Å². The fourth-order valence-corrected chi connectivity index (χ4v) is 3.48. The fraction of sp³-hybridized carbons (Fsp3) is 0.800. The number of carbonyl (C=O) groups is 2. The Morgan fingerprint density at radius 1 is 0.625 bits per heavy atom. The Labute approximate surface area is 146 Å². The Hall–Kier alpha value is -1.32. The molecular formula is C20H32O4. The molecule has 0 fully saturated rings. The van der Waals surface area contributed by atoms with E-state index in [2.05, 4.69) is 27.7 Å². The van der Waals surface area contributed by atoms with Crippen molar-refractivity contribution in [2.75, 3.05) is 13.2 Å². The molecule has 0 saturated carbocycles. The van der Waals surface area contributed by atoms with Gasteiger partial charge in [-0.15, -0.1) is 0 Å². The van der Waals surface area contributed by atoms with Crippen LogP contribution in [-0.2, 0) is 19.1 Å². The number of ether oxygens (including phenoxy) is 2. The number of rotatable bonds is 0. The van der Waals surface area contributed by atoms with Crippen LogP contribution >= 0.6 is 0 Å². The zero-order valence-corrected chi connectivity index (χ0v) is 15.6. The number of esters is 2. The summed E-state index contributed by atoms with van der Waals surface area (Å²) in [7, 11) is 0. The molecule has 0 N–H and O–H groups in total. The Morgan fingerprint density at radius 3 is 1.33 bits per heavy atom. The van der Waals surface area contributed by atoms with Gasteiger partial charge in [-0.1, -0.05) is 40.5 Å². The molecule has 0 aromatic heterocycles. The van der Waals surface area contributed by atoms with Crippen LogP contribution in [0.1, 0.15) is 66.2 Å². The summed E-state index contributed by atoms with van der Waals surface area (Å²) >= 11 is 0. The molecule has 2 aliphatic rings. The molecule has 0 spiro atoms. The number of carbonyl (C=O) groups excluding carboxylic acids is 2. The first kappa shape index (κ1) is 19.0. The van der Waals surface area contributed by atoms with Crippen molar-refractivity contribution in [2.24, 2.45) is 23.7 Å². The van der Waals surface area contributed by atoms with Crippen molar-refractivity contribution in [3.8, 4) is 0 Å². The minimum absolute atomic E-state index is 0.316. The van der Waals surface area contributed by atoms with Crippen LogP contribution in [-0.4, -0.2) is 25.2 Å². The maximum atomic E-state index is 12.6. The summed E-state index contributed by atoms with van der Waals surface area (Å²) in [5.41, 5.74) is 1.11. The minimum Gasteiger partial charge on any atom is -0.462 e. The predicted octanol–water partition coefficient (Wildman–Crippen LogP) is 4.28. The first-order chi connectivity index (χ1) is 11.4. The van der Waals surface area contributed by atoms with E-state index in [9.17, 15) is 9.59 Å². The van der Waals surface area contributed by atoms with Crippen molar-refractivity contribution in [2.45, 2.75) is 66.2 Å². The molecule has 4 atom stereocenters. The molecule has 0 saturated heterocycles. The lowest BCUT2D eigenvalue weighted by Gasteiger charge is -2.25. The van der Waals surface area contributed by atoms with E-state index in [1.807, 2.05) is 0 Å². The molecule has 1 aliphatic carbocycles. The highest BCUT2D eigenvalue weighted by molar-refractivity contribution is 6.00. The van der Waals surface area contributed by atoms with Crippen LogP contribution < -0.4 is 0 Å². The Morgan fingerprint density at radius 2 is 0.958 bits per heavy atom. The minimum atomic E-state index is -0.316. The summed E-state index contributed by atoms with van der Waals surface area (Å²) in [5, 5.41) is 0. The number of hydrogen-bond acceptors (Lipinski definition) is 4. The van der Waals surface area contributed by atoms with E-state index in [0.29, 0.717) is 60.9 Å². The largest absolute Gasteiger partial charge is 0.462 e. The first-order valence-corrected chi connectivity index (χ1v) is 9.43. The molecule has 4 nitrogen and oxygen atoms in total. The van der Waals surface area contributed by atoms with Gasteiger partial charge in [-0.3, -0.25) is 0 Å². The lowest BCUT2D eigenvalue weighted by molar-refractivity contribution is -0.144. The third-order valence-corrected chi connectivity index (χ3v) is 5.26. The van der Waals surface area contributed by atoms with E-state index in [0.717, 1.165) is 25.7 Å². The number of hydrogen-bond donors (Lipinski definition) is 0. The van der Waals surface area contributed by atoms with Crippen molar-refractivity contribution >= 4 is 11.9 Å². The van der Waals surface area contributed by atoms with Crippen molar-refractivity contribution in [1.82, 2.24) is 0 Å². The summed E-state index contributed by atoms with van der Waals surface area (Å²) in [4.78, 5) is 25.3. The lowest BCUT2D eigenvalue weighted by atomic mass is 9.83. The maximum absolute atomic E-state index is 12.6. The van der Waals surface area contributed by atoms with Crippen LogP contribution in [0, 0.1) is 23.7 Å². The Kier molecular flexibility index (Phi) is 6.88. The molecule has 0 aromatic rings. The molecule has 0 radical (unpaired) electrons. The zero-order chi connectivity index (χ0) is 17.7. The molecule has 0 aromatic carbocycles. The molecule has 1 aliphatic heterocycles. The standard InChI is InChI=1S/C20H32O4/c1-13-5-6-14(2)10-18-17(9-13)19(21)23-11-15(3)7-8-16(4)12-24-20(18)22/h13-16H,5-12H2,1-4H3. The second kappa shape index (κ2) is 8.68. The van der Waals surface area contributed by atoms with Gasteiger partial charge < -0.3 is 9.47 Å². The van der Waals surface area contributed by atoms with Gasteiger partial charge in [0.05, 0.1) is 13.2 Å². The van der Waals surface area contributed by atoms with E-state index in [1.165, 1.54) is 0 Å². The molecule has 0 bridgehead atoms. The lowest BCUT2D eigenvalue weighted by Crippen LogP contribution is -2.25. The first-order valence-electron chi connectivity index (χ1n) is 9.43. The van der Waals surface area contributed by atoms with Crippen LogP contribution in [0.5, 0.6) is 0 Å². The molecule has 0 amide bonds. The van der Waals surface area contributed by atoms with Gasteiger partial charge in [0.2, 0.25) is 0 Å². The summed E-state index contributed by atoms with van der Waals surface area (Å²) < 4.78 is 11.1. The van der Waals surface area contributed by atoms with E-state index >= 15 is 0 Å². The highest BCUT2D eigenvalue weighted by atomic mass is 16.5.